The second-order valence-electron chi connectivity index (χ2n) is 12.2. The number of piperazine rings is 1. The Bertz CT molecular complexity index is 1370. The topological polar surface area (TPSA) is 88.8 Å². The van der Waals surface area contributed by atoms with Crippen LogP contribution in [0.1, 0.15) is 59.7 Å². The standard InChI is InChI=1S/C28H33F5N6O2/c1-14-5-19(34)24(30)22(23(14)28(31,32)33)21-7-20-18(12-40-21)25(39-11-16-6-17(39)9-35-16)37-26(36-20)41-13-27-3-2-4-38(27)10-15(29)8-27/h5,15-17,21,35H,2-4,6-13,34H2,1H3/t15-,16?,17?,21-,27+/m1/s1. The maximum atomic E-state index is 15.3. The van der Waals surface area contributed by atoms with Crippen molar-refractivity contribution < 1.29 is 31.4 Å². The Hall–Kier alpha value is -2.77. The van der Waals surface area contributed by atoms with E-state index in [0.29, 0.717) is 36.1 Å². The third-order valence-corrected chi connectivity index (χ3v) is 9.55. The molecule has 0 spiro atoms. The van der Waals surface area contributed by atoms with E-state index < -0.39 is 40.9 Å². The van der Waals surface area contributed by atoms with Crippen molar-refractivity contribution in [1.82, 2.24) is 20.2 Å². The molecule has 3 N–H and O–H groups in total. The van der Waals surface area contributed by atoms with Gasteiger partial charge in [0, 0.05) is 55.7 Å². The van der Waals surface area contributed by atoms with Crippen molar-refractivity contribution in [1.29, 1.82) is 0 Å². The molecule has 41 heavy (non-hydrogen) atoms. The fourth-order valence-corrected chi connectivity index (χ4v) is 7.71. The highest BCUT2D eigenvalue weighted by Crippen LogP contribution is 2.45. The van der Waals surface area contributed by atoms with Crippen molar-refractivity contribution in [3.8, 4) is 6.01 Å². The van der Waals surface area contributed by atoms with E-state index in [2.05, 4.69) is 20.1 Å². The SMILES string of the molecule is Cc1cc(N)c(F)c([C@H]2Cc3nc(OC[C@@]45CCCN4C[C@H](F)C5)nc(N4CC5CC4CN5)c3CO2)c1C(F)(F)F. The lowest BCUT2D eigenvalue weighted by Gasteiger charge is -2.35. The molecule has 0 amide bonds. The summed E-state index contributed by atoms with van der Waals surface area (Å²) < 4.78 is 84.1. The summed E-state index contributed by atoms with van der Waals surface area (Å²) in [5.74, 6) is -0.499. The number of nitrogen functional groups attached to an aromatic ring is 1. The normalized spacial score (nSPS) is 31.1. The minimum atomic E-state index is -4.80. The predicted octanol–water partition coefficient (Wildman–Crippen LogP) is 3.84. The quantitative estimate of drug-likeness (QED) is 0.408. The number of aryl methyl sites for hydroxylation is 1. The van der Waals surface area contributed by atoms with Gasteiger partial charge in [0.25, 0.3) is 0 Å². The Labute approximate surface area is 234 Å². The van der Waals surface area contributed by atoms with E-state index in [-0.39, 0.29) is 42.9 Å². The Morgan fingerprint density at radius 3 is 2.83 bits per heavy atom. The van der Waals surface area contributed by atoms with Crippen LogP contribution in [-0.2, 0) is 23.9 Å². The van der Waals surface area contributed by atoms with Crippen LogP contribution in [0.4, 0.5) is 33.5 Å². The molecule has 222 valence electrons. The summed E-state index contributed by atoms with van der Waals surface area (Å²) in [6.45, 7) is 4.12. The highest BCUT2D eigenvalue weighted by atomic mass is 19.4. The van der Waals surface area contributed by atoms with E-state index in [9.17, 15) is 17.6 Å². The van der Waals surface area contributed by atoms with Crippen LogP contribution in [0.5, 0.6) is 6.01 Å². The smallest absolute Gasteiger partial charge is 0.417 e. The summed E-state index contributed by atoms with van der Waals surface area (Å²) in [4.78, 5) is 13.7. The van der Waals surface area contributed by atoms with Crippen molar-refractivity contribution in [2.75, 3.05) is 43.4 Å². The molecular formula is C28H33F5N6O2. The Morgan fingerprint density at radius 2 is 2.10 bits per heavy atom. The zero-order chi connectivity index (χ0) is 28.7. The Kier molecular flexibility index (Phi) is 6.36. The molecule has 2 aromatic rings. The first-order valence-electron chi connectivity index (χ1n) is 14.2. The second-order valence-corrected chi connectivity index (χ2v) is 12.2. The number of halogens is 5. The van der Waals surface area contributed by atoms with Crippen LogP contribution >= 0.6 is 0 Å². The molecule has 0 aliphatic carbocycles. The number of fused-ring (bicyclic) bond motifs is 4. The minimum absolute atomic E-state index is 0.0806. The van der Waals surface area contributed by atoms with E-state index in [1.54, 1.807) is 0 Å². The summed E-state index contributed by atoms with van der Waals surface area (Å²) in [5.41, 5.74) is 4.27. The van der Waals surface area contributed by atoms with Gasteiger partial charge in [0.2, 0.25) is 0 Å². The van der Waals surface area contributed by atoms with Gasteiger partial charge in [0.1, 0.15) is 18.6 Å². The zero-order valence-corrected chi connectivity index (χ0v) is 22.7. The molecule has 6 heterocycles. The lowest BCUT2D eigenvalue weighted by atomic mass is 9.91. The third-order valence-electron chi connectivity index (χ3n) is 9.55. The number of nitrogens with one attached hydrogen (secondary N) is 1. The Balaban J connectivity index is 1.25. The largest absolute Gasteiger partial charge is 0.461 e. The average molecular weight is 581 g/mol. The summed E-state index contributed by atoms with van der Waals surface area (Å²) in [7, 11) is 0. The van der Waals surface area contributed by atoms with Gasteiger partial charge in [0.15, 0.2) is 5.82 Å². The number of hydrogen-bond donors (Lipinski definition) is 2. The van der Waals surface area contributed by atoms with Crippen LogP contribution in [0, 0.1) is 12.7 Å². The molecule has 1 aromatic carbocycles. The molecule has 0 radical (unpaired) electrons. The number of rotatable bonds is 5. The highest BCUT2D eigenvalue weighted by molar-refractivity contribution is 5.56. The second kappa shape index (κ2) is 9.63. The minimum Gasteiger partial charge on any atom is -0.461 e. The van der Waals surface area contributed by atoms with E-state index in [1.165, 1.54) is 6.92 Å². The molecule has 1 aromatic heterocycles. The van der Waals surface area contributed by atoms with Crippen LogP contribution in [0.2, 0.25) is 0 Å². The number of nitrogens with zero attached hydrogens (tertiary/aromatic N) is 4. The molecule has 8 nitrogen and oxygen atoms in total. The molecule has 2 bridgehead atoms. The lowest BCUT2D eigenvalue weighted by molar-refractivity contribution is -0.140. The molecule has 13 heteroatoms. The van der Waals surface area contributed by atoms with Gasteiger partial charge in [-0.3, -0.25) is 4.90 Å². The number of ether oxygens (including phenoxy) is 2. The van der Waals surface area contributed by atoms with Crippen molar-refractivity contribution in [2.45, 2.75) is 81.7 Å². The van der Waals surface area contributed by atoms with E-state index in [0.717, 1.165) is 45.0 Å². The van der Waals surface area contributed by atoms with E-state index in [4.69, 9.17) is 20.2 Å². The van der Waals surface area contributed by atoms with Crippen molar-refractivity contribution >= 4 is 11.5 Å². The van der Waals surface area contributed by atoms with Gasteiger partial charge in [-0.25, -0.2) is 8.78 Å². The number of benzene rings is 1. The molecule has 5 atom stereocenters. The molecule has 4 saturated heterocycles. The van der Waals surface area contributed by atoms with Crippen molar-refractivity contribution in [3.63, 3.8) is 0 Å². The predicted molar refractivity (Wildman–Crippen MR) is 140 cm³/mol. The highest BCUT2D eigenvalue weighted by Gasteiger charge is 2.50. The molecule has 5 aliphatic heterocycles. The van der Waals surface area contributed by atoms with Gasteiger partial charge in [0.05, 0.1) is 35.2 Å². The van der Waals surface area contributed by atoms with Crippen molar-refractivity contribution in [3.05, 3.63) is 39.8 Å². The van der Waals surface area contributed by atoms with Crippen LogP contribution in [0.3, 0.4) is 0 Å². The summed E-state index contributed by atoms with van der Waals surface area (Å²) >= 11 is 0. The first-order chi connectivity index (χ1) is 19.5. The van der Waals surface area contributed by atoms with Gasteiger partial charge in [-0.1, -0.05) is 0 Å². The van der Waals surface area contributed by atoms with Gasteiger partial charge >= 0.3 is 12.2 Å². The number of anilines is 2. The molecule has 2 unspecified atom stereocenters. The monoisotopic (exact) mass is 580 g/mol. The maximum Gasteiger partial charge on any atom is 0.417 e. The van der Waals surface area contributed by atoms with Crippen molar-refractivity contribution in [2.24, 2.45) is 0 Å². The number of alkyl halides is 4. The van der Waals surface area contributed by atoms with Gasteiger partial charge in [-0.2, -0.15) is 23.1 Å². The van der Waals surface area contributed by atoms with Crippen LogP contribution in [-0.4, -0.2) is 71.4 Å². The van der Waals surface area contributed by atoms with Gasteiger partial charge in [-0.15, -0.1) is 0 Å². The molecule has 4 fully saturated rings. The number of hydrogen-bond acceptors (Lipinski definition) is 8. The summed E-state index contributed by atoms with van der Waals surface area (Å²) in [5, 5.41) is 3.46. The Morgan fingerprint density at radius 1 is 1.27 bits per heavy atom. The van der Waals surface area contributed by atoms with Crippen LogP contribution < -0.4 is 20.7 Å². The fraction of sp³-hybridized carbons (Fsp3) is 0.643. The van der Waals surface area contributed by atoms with Crippen LogP contribution in [0.15, 0.2) is 6.07 Å². The first-order valence-corrected chi connectivity index (χ1v) is 14.2. The molecular weight excluding hydrogens is 547 g/mol. The molecule has 7 rings (SSSR count). The number of aromatic nitrogens is 2. The van der Waals surface area contributed by atoms with Gasteiger partial charge in [-0.05, 0) is 44.4 Å². The summed E-state index contributed by atoms with van der Waals surface area (Å²) in [6, 6.07) is 1.62. The van der Waals surface area contributed by atoms with E-state index in [1.807, 2.05) is 0 Å². The summed E-state index contributed by atoms with van der Waals surface area (Å²) in [6.07, 6.45) is -3.95. The molecule has 0 saturated carbocycles. The third kappa shape index (κ3) is 4.51. The maximum absolute atomic E-state index is 15.3. The zero-order valence-electron chi connectivity index (χ0n) is 22.7. The lowest BCUT2D eigenvalue weighted by Crippen LogP contribution is -2.45. The van der Waals surface area contributed by atoms with Gasteiger partial charge < -0.3 is 25.4 Å². The number of nitrogens with two attached hydrogens (primary N) is 1. The van der Waals surface area contributed by atoms with E-state index >= 15 is 4.39 Å². The first kappa shape index (κ1) is 27.1. The average Bonchev–Trinajstić information content (AvgIpc) is 3.69. The molecule has 5 aliphatic rings. The fourth-order valence-electron chi connectivity index (χ4n) is 7.71. The van der Waals surface area contributed by atoms with Crippen LogP contribution in [0.25, 0.3) is 0 Å².